The van der Waals surface area contributed by atoms with Crippen LogP contribution < -0.4 is 15.1 Å². The van der Waals surface area contributed by atoms with Crippen LogP contribution in [-0.4, -0.2) is 37.1 Å². The average Bonchev–Trinajstić information content (AvgIpc) is 2.71. The number of amides is 1. The Balaban J connectivity index is 1.62. The fourth-order valence-corrected chi connectivity index (χ4v) is 3.45. The summed E-state index contributed by atoms with van der Waals surface area (Å²) in [4.78, 5) is 21.2. The van der Waals surface area contributed by atoms with Crippen molar-refractivity contribution in [1.29, 1.82) is 0 Å². The Labute approximate surface area is 161 Å². The van der Waals surface area contributed by atoms with E-state index in [-0.39, 0.29) is 5.91 Å². The summed E-state index contributed by atoms with van der Waals surface area (Å²) in [5.74, 6) is 1.03. The third-order valence-electron chi connectivity index (χ3n) is 4.95. The molecule has 3 rings (SSSR count). The van der Waals surface area contributed by atoms with Gasteiger partial charge < -0.3 is 15.1 Å². The number of hydrogen-bond acceptors (Lipinski definition) is 4. The second-order valence-electron chi connectivity index (χ2n) is 6.85. The number of aryl methyl sites for hydroxylation is 1. The number of hydrogen-bond donors (Lipinski definition) is 1. The van der Waals surface area contributed by atoms with Gasteiger partial charge in [-0.1, -0.05) is 30.3 Å². The molecule has 0 saturated carbocycles. The number of piperazine rings is 1. The van der Waals surface area contributed by atoms with Gasteiger partial charge in [0.15, 0.2) is 0 Å². The molecule has 1 N–H and O–H groups in total. The molecule has 0 aliphatic carbocycles. The topological polar surface area (TPSA) is 48.5 Å². The van der Waals surface area contributed by atoms with E-state index in [1.807, 2.05) is 18.3 Å². The Kier molecular flexibility index (Phi) is 6.47. The zero-order valence-electron chi connectivity index (χ0n) is 16.0. The molecular formula is C22H28N4O. The summed E-state index contributed by atoms with van der Waals surface area (Å²) >= 11 is 0. The zero-order chi connectivity index (χ0) is 19.1. The predicted octanol–water partition coefficient (Wildman–Crippen LogP) is 3.30. The van der Waals surface area contributed by atoms with Crippen molar-refractivity contribution >= 4 is 17.4 Å². The minimum atomic E-state index is 0.0501. The van der Waals surface area contributed by atoms with Crippen molar-refractivity contribution in [2.75, 3.05) is 36.0 Å². The Morgan fingerprint density at radius 1 is 1.15 bits per heavy atom. The zero-order valence-corrected chi connectivity index (χ0v) is 16.0. The highest BCUT2D eigenvalue weighted by molar-refractivity contribution is 5.76. The number of nitrogens with zero attached hydrogens (tertiary/aromatic N) is 3. The molecule has 0 spiro atoms. The minimum Gasteiger partial charge on any atom is -0.368 e. The van der Waals surface area contributed by atoms with Gasteiger partial charge in [-0.25, -0.2) is 4.98 Å². The number of anilines is 2. The van der Waals surface area contributed by atoms with Gasteiger partial charge in [0, 0.05) is 56.6 Å². The summed E-state index contributed by atoms with van der Waals surface area (Å²) < 4.78 is 0. The number of carbonyl (C=O) groups is 1. The van der Waals surface area contributed by atoms with Crippen molar-refractivity contribution in [3.05, 3.63) is 66.4 Å². The summed E-state index contributed by atoms with van der Waals surface area (Å²) in [6.45, 7) is 10.1. The number of para-hydroxylation sites is 1. The largest absolute Gasteiger partial charge is 0.368 e. The lowest BCUT2D eigenvalue weighted by molar-refractivity contribution is -0.121. The highest BCUT2D eigenvalue weighted by atomic mass is 16.1. The first-order valence-corrected chi connectivity index (χ1v) is 9.56. The Morgan fingerprint density at radius 2 is 1.89 bits per heavy atom. The van der Waals surface area contributed by atoms with E-state index < -0.39 is 0 Å². The third kappa shape index (κ3) is 4.88. The van der Waals surface area contributed by atoms with Crippen molar-refractivity contribution in [3.63, 3.8) is 0 Å². The summed E-state index contributed by atoms with van der Waals surface area (Å²) in [5, 5.41) is 2.99. The first-order valence-electron chi connectivity index (χ1n) is 9.56. The minimum absolute atomic E-state index is 0.0501. The van der Waals surface area contributed by atoms with E-state index in [0.717, 1.165) is 37.6 Å². The summed E-state index contributed by atoms with van der Waals surface area (Å²) in [6, 6.07) is 12.5. The van der Waals surface area contributed by atoms with Crippen LogP contribution in [0.5, 0.6) is 0 Å². The SMILES string of the molecule is C=CCCC(=O)NCc1cccnc1N1CCN(c2ccccc2C)CC1. The summed E-state index contributed by atoms with van der Waals surface area (Å²) in [6.07, 6.45) is 4.77. The van der Waals surface area contributed by atoms with Gasteiger partial charge in [-0.15, -0.1) is 6.58 Å². The second-order valence-corrected chi connectivity index (χ2v) is 6.85. The first-order chi connectivity index (χ1) is 13.2. The van der Waals surface area contributed by atoms with Crippen molar-refractivity contribution in [2.45, 2.75) is 26.3 Å². The van der Waals surface area contributed by atoms with E-state index in [9.17, 15) is 4.79 Å². The molecule has 5 nitrogen and oxygen atoms in total. The van der Waals surface area contributed by atoms with E-state index in [0.29, 0.717) is 19.4 Å². The van der Waals surface area contributed by atoms with Crippen molar-refractivity contribution in [1.82, 2.24) is 10.3 Å². The molecule has 2 aromatic rings. The standard InChI is InChI=1S/C22H28N4O/c1-3-4-11-21(27)24-17-19-9-7-12-23-22(19)26-15-13-25(14-16-26)20-10-6-5-8-18(20)2/h3,5-10,12H,1,4,11,13-17H2,2H3,(H,24,27). The molecule has 1 fully saturated rings. The van der Waals surface area contributed by atoms with Gasteiger partial charge in [0.05, 0.1) is 0 Å². The highest BCUT2D eigenvalue weighted by Gasteiger charge is 2.21. The van der Waals surface area contributed by atoms with Crippen molar-refractivity contribution < 1.29 is 4.79 Å². The fraction of sp³-hybridized carbons (Fsp3) is 0.364. The van der Waals surface area contributed by atoms with Gasteiger partial charge in [-0.05, 0) is 31.0 Å². The molecule has 1 aromatic carbocycles. The van der Waals surface area contributed by atoms with Gasteiger partial charge >= 0.3 is 0 Å². The van der Waals surface area contributed by atoms with Crippen LogP contribution in [0.1, 0.15) is 24.0 Å². The molecular weight excluding hydrogens is 336 g/mol. The second kappa shape index (κ2) is 9.21. The molecule has 2 heterocycles. The van der Waals surface area contributed by atoms with Crippen molar-refractivity contribution in [2.24, 2.45) is 0 Å². The predicted molar refractivity (Wildman–Crippen MR) is 111 cm³/mol. The highest BCUT2D eigenvalue weighted by Crippen LogP contribution is 2.24. The van der Waals surface area contributed by atoms with Gasteiger partial charge in [0.1, 0.15) is 5.82 Å². The van der Waals surface area contributed by atoms with Crippen LogP contribution in [-0.2, 0) is 11.3 Å². The van der Waals surface area contributed by atoms with E-state index in [2.05, 4.69) is 57.9 Å². The fourth-order valence-electron chi connectivity index (χ4n) is 3.45. The normalized spacial score (nSPS) is 14.1. The van der Waals surface area contributed by atoms with E-state index in [1.54, 1.807) is 6.08 Å². The average molecular weight is 364 g/mol. The number of pyridine rings is 1. The van der Waals surface area contributed by atoms with Crippen LogP contribution in [0.25, 0.3) is 0 Å². The van der Waals surface area contributed by atoms with E-state index in [1.165, 1.54) is 11.3 Å². The van der Waals surface area contributed by atoms with Gasteiger partial charge in [0.2, 0.25) is 5.91 Å². The molecule has 1 amide bonds. The maximum Gasteiger partial charge on any atom is 0.220 e. The molecule has 27 heavy (non-hydrogen) atoms. The van der Waals surface area contributed by atoms with E-state index in [4.69, 9.17) is 0 Å². The lowest BCUT2D eigenvalue weighted by Crippen LogP contribution is -2.47. The van der Waals surface area contributed by atoms with Crippen molar-refractivity contribution in [3.8, 4) is 0 Å². The maximum atomic E-state index is 11.9. The number of aromatic nitrogens is 1. The van der Waals surface area contributed by atoms with E-state index >= 15 is 0 Å². The quantitative estimate of drug-likeness (QED) is 0.766. The van der Waals surface area contributed by atoms with Crippen LogP contribution in [0.3, 0.4) is 0 Å². The van der Waals surface area contributed by atoms with Gasteiger partial charge in [-0.2, -0.15) is 0 Å². The van der Waals surface area contributed by atoms with Gasteiger partial charge in [-0.3, -0.25) is 4.79 Å². The maximum absolute atomic E-state index is 11.9. The number of rotatable bonds is 7. The lowest BCUT2D eigenvalue weighted by Gasteiger charge is -2.38. The van der Waals surface area contributed by atoms with Crippen LogP contribution in [0.4, 0.5) is 11.5 Å². The summed E-state index contributed by atoms with van der Waals surface area (Å²) in [7, 11) is 0. The smallest absolute Gasteiger partial charge is 0.220 e. The van der Waals surface area contributed by atoms with Crippen LogP contribution in [0.15, 0.2) is 55.3 Å². The molecule has 5 heteroatoms. The molecule has 1 saturated heterocycles. The number of allylic oxidation sites excluding steroid dienone is 1. The first kappa shape index (κ1) is 19.0. The molecule has 1 aromatic heterocycles. The molecule has 0 unspecified atom stereocenters. The number of benzene rings is 1. The lowest BCUT2D eigenvalue weighted by atomic mass is 10.1. The van der Waals surface area contributed by atoms with Crippen LogP contribution in [0.2, 0.25) is 0 Å². The Morgan fingerprint density at radius 3 is 2.63 bits per heavy atom. The Hall–Kier alpha value is -2.82. The van der Waals surface area contributed by atoms with Crippen LogP contribution >= 0.6 is 0 Å². The third-order valence-corrected chi connectivity index (χ3v) is 4.95. The number of carbonyl (C=O) groups excluding carboxylic acids is 1. The van der Waals surface area contributed by atoms with Gasteiger partial charge in [0.25, 0.3) is 0 Å². The molecule has 0 bridgehead atoms. The Bertz CT molecular complexity index is 781. The number of nitrogens with one attached hydrogen (secondary N) is 1. The monoisotopic (exact) mass is 364 g/mol. The molecule has 0 radical (unpaired) electrons. The molecule has 0 atom stereocenters. The van der Waals surface area contributed by atoms with Crippen LogP contribution in [0, 0.1) is 6.92 Å². The molecule has 1 aliphatic heterocycles. The molecule has 1 aliphatic rings. The summed E-state index contributed by atoms with van der Waals surface area (Å²) in [5.41, 5.74) is 3.69. The molecule has 142 valence electrons.